The standard InChI is InChI=1S/C14H17N3O3/c1-9(14(19)20)8-17(2)12(18)6-10-7-16-13-11(10)4-3-5-15-13/h3-5,7,9H,6,8H2,1-2H3,(H,15,16)(H,19,20). The lowest BCUT2D eigenvalue weighted by molar-refractivity contribution is -0.142. The summed E-state index contributed by atoms with van der Waals surface area (Å²) in [6, 6.07) is 3.72. The molecule has 0 aliphatic heterocycles. The lowest BCUT2D eigenvalue weighted by Gasteiger charge is -2.19. The van der Waals surface area contributed by atoms with Crippen LogP contribution >= 0.6 is 0 Å². The van der Waals surface area contributed by atoms with Crippen LogP contribution in [-0.2, 0) is 16.0 Å². The van der Waals surface area contributed by atoms with Gasteiger partial charge in [-0.25, -0.2) is 4.98 Å². The van der Waals surface area contributed by atoms with Crippen LogP contribution in [0.1, 0.15) is 12.5 Å². The summed E-state index contributed by atoms with van der Waals surface area (Å²) >= 11 is 0. The number of rotatable bonds is 5. The van der Waals surface area contributed by atoms with Crippen molar-refractivity contribution < 1.29 is 14.7 Å². The van der Waals surface area contributed by atoms with Crippen LogP contribution in [0, 0.1) is 5.92 Å². The highest BCUT2D eigenvalue weighted by Crippen LogP contribution is 2.16. The first-order valence-electron chi connectivity index (χ1n) is 6.36. The van der Waals surface area contributed by atoms with Crippen molar-refractivity contribution in [3.05, 3.63) is 30.1 Å². The van der Waals surface area contributed by atoms with Crippen LogP contribution in [0.4, 0.5) is 0 Å². The maximum Gasteiger partial charge on any atom is 0.308 e. The number of pyridine rings is 1. The van der Waals surface area contributed by atoms with Crippen molar-refractivity contribution in [3.63, 3.8) is 0 Å². The zero-order valence-corrected chi connectivity index (χ0v) is 11.5. The molecule has 2 N–H and O–H groups in total. The number of carboxylic acids is 1. The number of carbonyl (C=O) groups is 2. The molecule has 6 heteroatoms. The average molecular weight is 275 g/mol. The predicted octanol–water partition coefficient (Wildman–Crippen LogP) is 1.28. The zero-order chi connectivity index (χ0) is 14.7. The van der Waals surface area contributed by atoms with Crippen LogP contribution in [0.2, 0.25) is 0 Å². The molecule has 0 saturated heterocycles. The second-order valence-electron chi connectivity index (χ2n) is 4.90. The molecule has 6 nitrogen and oxygen atoms in total. The summed E-state index contributed by atoms with van der Waals surface area (Å²) in [5.74, 6) is -1.59. The van der Waals surface area contributed by atoms with Crippen molar-refractivity contribution in [2.24, 2.45) is 5.92 Å². The lowest BCUT2D eigenvalue weighted by atomic mass is 10.1. The van der Waals surface area contributed by atoms with Gasteiger partial charge in [-0.15, -0.1) is 0 Å². The Morgan fingerprint density at radius 2 is 2.25 bits per heavy atom. The number of carboxylic acid groups (broad SMARTS) is 1. The Hall–Kier alpha value is -2.37. The fraction of sp³-hybridized carbons (Fsp3) is 0.357. The normalized spacial score (nSPS) is 12.3. The third kappa shape index (κ3) is 2.96. The Morgan fingerprint density at radius 1 is 1.50 bits per heavy atom. The molecule has 0 aliphatic carbocycles. The van der Waals surface area contributed by atoms with Crippen molar-refractivity contribution in [1.82, 2.24) is 14.9 Å². The maximum atomic E-state index is 12.1. The molecule has 0 bridgehead atoms. The van der Waals surface area contributed by atoms with E-state index in [1.807, 2.05) is 12.1 Å². The second kappa shape index (κ2) is 5.73. The molecule has 2 aromatic heterocycles. The Kier molecular flexibility index (Phi) is 4.02. The number of amides is 1. The number of aliphatic carboxylic acids is 1. The summed E-state index contributed by atoms with van der Waals surface area (Å²) in [5.41, 5.74) is 1.62. The number of aromatic amines is 1. The quantitative estimate of drug-likeness (QED) is 0.860. The third-order valence-corrected chi connectivity index (χ3v) is 3.27. The van der Waals surface area contributed by atoms with Crippen molar-refractivity contribution >= 4 is 22.9 Å². The van der Waals surface area contributed by atoms with E-state index in [-0.39, 0.29) is 18.9 Å². The predicted molar refractivity (Wildman–Crippen MR) is 74.2 cm³/mol. The SMILES string of the molecule is CC(CN(C)C(=O)Cc1c[nH]c2ncccc12)C(=O)O. The highest BCUT2D eigenvalue weighted by Gasteiger charge is 2.18. The minimum atomic E-state index is -0.902. The first-order valence-corrected chi connectivity index (χ1v) is 6.36. The number of likely N-dealkylation sites (N-methyl/N-ethyl adjacent to an activating group) is 1. The molecule has 2 heterocycles. The van der Waals surface area contributed by atoms with Gasteiger partial charge in [0, 0.05) is 31.4 Å². The molecule has 1 unspecified atom stereocenters. The zero-order valence-electron chi connectivity index (χ0n) is 11.5. The topological polar surface area (TPSA) is 86.3 Å². The molecule has 0 aliphatic rings. The number of carbonyl (C=O) groups excluding carboxylic acids is 1. The number of H-pyrrole nitrogens is 1. The van der Waals surface area contributed by atoms with Crippen LogP contribution in [0.15, 0.2) is 24.5 Å². The fourth-order valence-electron chi connectivity index (χ4n) is 2.05. The first kappa shape index (κ1) is 14.0. The van der Waals surface area contributed by atoms with Gasteiger partial charge in [0.15, 0.2) is 0 Å². The largest absolute Gasteiger partial charge is 0.481 e. The highest BCUT2D eigenvalue weighted by molar-refractivity contribution is 5.87. The van der Waals surface area contributed by atoms with Crippen LogP contribution in [-0.4, -0.2) is 45.4 Å². The molecule has 0 spiro atoms. The molecule has 1 amide bonds. The molecular weight excluding hydrogens is 258 g/mol. The van der Waals surface area contributed by atoms with E-state index in [4.69, 9.17) is 5.11 Å². The van der Waals surface area contributed by atoms with Crippen LogP contribution in [0.5, 0.6) is 0 Å². The number of hydrogen-bond acceptors (Lipinski definition) is 3. The number of aromatic nitrogens is 2. The molecule has 20 heavy (non-hydrogen) atoms. The Labute approximate surface area is 116 Å². The molecule has 2 aromatic rings. The Bertz CT molecular complexity index is 635. The fourth-order valence-corrected chi connectivity index (χ4v) is 2.05. The molecule has 0 saturated carbocycles. The summed E-state index contributed by atoms with van der Waals surface area (Å²) in [6.45, 7) is 1.79. The monoisotopic (exact) mass is 275 g/mol. The van der Waals surface area contributed by atoms with E-state index in [0.29, 0.717) is 0 Å². The maximum absolute atomic E-state index is 12.1. The van der Waals surface area contributed by atoms with Crippen molar-refractivity contribution in [3.8, 4) is 0 Å². The molecule has 0 radical (unpaired) electrons. The van der Waals surface area contributed by atoms with Crippen LogP contribution < -0.4 is 0 Å². The molecule has 2 rings (SSSR count). The van der Waals surface area contributed by atoms with E-state index in [9.17, 15) is 9.59 Å². The lowest BCUT2D eigenvalue weighted by Crippen LogP contribution is -2.34. The molecule has 0 fully saturated rings. The van der Waals surface area contributed by atoms with Gasteiger partial charge in [-0.05, 0) is 17.7 Å². The van der Waals surface area contributed by atoms with Gasteiger partial charge in [0.25, 0.3) is 0 Å². The number of fused-ring (bicyclic) bond motifs is 1. The summed E-state index contributed by atoms with van der Waals surface area (Å²) in [5, 5.41) is 9.78. The van der Waals surface area contributed by atoms with Crippen LogP contribution in [0.3, 0.4) is 0 Å². The van der Waals surface area contributed by atoms with Gasteiger partial charge in [0.05, 0.1) is 12.3 Å². The number of hydrogen-bond donors (Lipinski definition) is 2. The van der Waals surface area contributed by atoms with Crippen molar-refractivity contribution in [2.75, 3.05) is 13.6 Å². The molecule has 1 atom stereocenters. The van der Waals surface area contributed by atoms with Crippen LogP contribution in [0.25, 0.3) is 11.0 Å². The van der Waals surface area contributed by atoms with Gasteiger partial charge in [-0.3, -0.25) is 9.59 Å². The van der Waals surface area contributed by atoms with E-state index in [2.05, 4.69) is 9.97 Å². The number of nitrogens with one attached hydrogen (secondary N) is 1. The van der Waals surface area contributed by atoms with Gasteiger partial charge in [-0.1, -0.05) is 6.92 Å². The summed E-state index contributed by atoms with van der Waals surface area (Å²) in [6.07, 6.45) is 3.68. The van der Waals surface area contributed by atoms with E-state index < -0.39 is 11.9 Å². The van der Waals surface area contributed by atoms with Gasteiger partial charge in [0.1, 0.15) is 5.65 Å². The van der Waals surface area contributed by atoms with Gasteiger partial charge in [0.2, 0.25) is 5.91 Å². The van der Waals surface area contributed by atoms with Crippen molar-refractivity contribution in [1.29, 1.82) is 0 Å². The van der Waals surface area contributed by atoms with Gasteiger partial charge in [-0.2, -0.15) is 0 Å². The molecule has 0 aromatic carbocycles. The molecular formula is C14H17N3O3. The van der Waals surface area contributed by atoms with Gasteiger partial charge >= 0.3 is 5.97 Å². The van der Waals surface area contributed by atoms with Gasteiger partial charge < -0.3 is 15.0 Å². The van der Waals surface area contributed by atoms with E-state index >= 15 is 0 Å². The van der Waals surface area contributed by atoms with Crippen molar-refractivity contribution in [2.45, 2.75) is 13.3 Å². The Balaban J connectivity index is 2.06. The minimum absolute atomic E-state index is 0.108. The molecule has 106 valence electrons. The van der Waals surface area contributed by atoms with E-state index in [1.165, 1.54) is 4.90 Å². The number of nitrogens with zero attached hydrogens (tertiary/aromatic N) is 2. The smallest absolute Gasteiger partial charge is 0.308 e. The van der Waals surface area contributed by atoms with E-state index in [1.54, 1.807) is 26.4 Å². The summed E-state index contributed by atoms with van der Waals surface area (Å²) in [7, 11) is 1.62. The Morgan fingerprint density at radius 3 is 2.95 bits per heavy atom. The highest BCUT2D eigenvalue weighted by atomic mass is 16.4. The average Bonchev–Trinajstić information content (AvgIpc) is 2.82. The first-order chi connectivity index (χ1) is 9.49. The third-order valence-electron chi connectivity index (χ3n) is 3.27. The summed E-state index contributed by atoms with van der Waals surface area (Å²) in [4.78, 5) is 31.5. The second-order valence-corrected chi connectivity index (χ2v) is 4.90. The minimum Gasteiger partial charge on any atom is -0.481 e. The summed E-state index contributed by atoms with van der Waals surface area (Å²) < 4.78 is 0. The van der Waals surface area contributed by atoms with E-state index in [0.717, 1.165) is 16.6 Å².